The molecule has 0 aromatic rings. The van der Waals surface area contributed by atoms with Gasteiger partial charge in [-0.25, -0.2) is 0 Å². The van der Waals surface area contributed by atoms with Crippen molar-refractivity contribution in [2.45, 2.75) is 33.7 Å². The maximum atomic E-state index is 11.8. The molecule has 82 valence electrons. The molecule has 0 aromatic carbocycles. The second-order valence-electron chi connectivity index (χ2n) is 4.46. The van der Waals surface area contributed by atoms with Gasteiger partial charge in [0.1, 0.15) is 6.04 Å². The van der Waals surface area contributed by atoms with Crippen molar-refractivity contribution in [3.63, 3.8) is 0 Å². The van der Waals surface area contributed by atoms with E-state index in [1.807, 2.05) is 20.8 Å². The summed E-state index contributed by atoms with van der Waals surface area (Å²) in [7, 11) is 3.21. The van der Waals surface area contributed by atoms with Crippen LogP contribution >= 0.6 is 0 Å². The number of hydrogen-bond donors (Lipinski definition) is 1. The van der Waals surface area contributed by atoms with Crippen molar-refractivity contribution in [2.24, 2.45) is 5.41 Å². The Morgan fingerprint density at radius 2 is 1.71 bits per heavy atom. The van der Waals surface area contributed by atoms with Gasteiger partial charge in [0.05, 0.1) is 0 Å². The summed E-state index contributed by atoms with van der Waals surface area (Å²) in [5.41, 5.74) is -0.447. The molecule has 2 amide bonds. The molecule has 1 N–H and O–H groups in total. The van der Waals surface area contributed by atoms with Crippen LogP contribution in [0.4, 0.5) is 0 Å². The Balaban J connectivity index is 4.55. The Bertz CT molecular complexity index is 231. The van der Waals surface area contributed by atoms with Gasteiger partial charge in [0.15, 0.2) is 0 Å². The molecule has 0 fully saturated rings. The zero-order chi connectivity index (χ0) is 11.5. The number of carbonyl (C=O) groups excluding carboxylic acids is 2. The van der Waals surface area contributed by atoms with Gasteiger partial charge in [-0.1, -0.05) is 20.8 Å². The van der Waals surface area contributed by atoms with E-state index in [2.05, 4.69) is 5.32 Å². The monoisotopic (exact) mass is 200 g/mol. The number of nitrogens with zero attached hydrogens (tertiary/aromatic N) is 1. The van der Waals surface area contributed by atoms with E-state index in [0.717, 1.165) is 0 Å². The van der Waals surface area contributed by atoms with E-state index in [1.165, 1.54) is 4.90 Å². The highest BCUT2D eigenvalue weighted by atomic mass is 16.2. The van der Waals surface area contributed by atoms with Gasteiger partial charge >= 0.3 is 0 Å². The van der Waals surface area contributed by atoms with E-state index in [0.29, 0.717) is 0 Å². The second kappa shape index (κ2) is 4.44. The highest BCUT2D eigenvalue weighted by Gasteiger charge is 2.29. The van der Waals surface area contributed by atoms with E-state index >= 15 is 0 Å². The van der Waals surface area contributed by atoms with Crippen LogP contribution in [-0.4, -0.2) is 36.9 Å². The molecular formula is C10H20N2O2. The van der Waals surface area contributed by atoms with E-state index in [9.17, 15) is 9.59 Å². The van der Waals surface area contributed by atoms with E-state index in [-0.39, 0.29) is 11.8 Å². The van der Waals surface area contributed by atoms with Crippen LogP contribution in [0, 0.1) is 5.41 Å². The summed E-state index contributed by atoms with van der Waals surface area (Å²) < 4.78 is 0. The number of likely N-dealkylation sites (N-methyl/N-ethyl adjacent to an activating group) is 2. The summed E-state index contributed by atoms with van der Waals surface area (Å²) in [5.74, 6) is -0.182. The van der Waals surface area contributed by atoms with Crippen molar-refractivity contribution in [1.82, 2.24) is 10.2 Å². The Kier molecular flexibility index (Phi) is 4.10. The van der Waals surface area contributed by atoms with Gasteiger partial charge in [0, 0.05) is 19.5 Å². The zero-order valence-corrected chi connectivity index (χ0v) is 9.84. The molecule has 0 heterocycles. The Hall–Kier alpha value is -1.06. The second-order valence-corrected chi connectivity index (χ2v) is 4.46. The van der Waals surface area contributed by atoms with Gasteiger partial charge in [0.2, 0.25) is 11.8 Å². The summed E-state index contributed by atoms with van der Waals surface area (Å²) in [6.45, 7) is 7.22. The van der Waals surface area contributed by atoms with Crippen molar-refractivity contribution in [2.75, 3.05) is 14.1 Å². The lowest BCUT2D eigenvalue weighted by atomic mass is 9.94. The number of hydrogen-bond acceptors (Lipinski definition) is 2. The van der Waals surface area contributed by atoms with Gasteiger partial charge in [-0.3, -0.25) is 9.59 Å². The molecule has 0 aromatic heterocycles. The molecule has 4 heteroatoms. The Morgan fingerprint density at radius 3 is 2.00 bits per heavy atom. The number of amides is 2. The van der Waals surface area contributed by atoms with Gasteiger partial charge in [-0.15, -0.1) is 0 Å². The fraction of sp³-hybridized carbons (Fsp3) is 0.800. The highest BCUT2D eigenvalue weighted by molar-refractivity contribution is 5.89. The van der Waals surface area contributed by atoms with Crippen molar-refractivity contribution >= 4 is 11.8 Å². The zero-order valence-electron chi connectivity index (χ0n) is 9.84. The normalized spacial score (nSPS) is 13.3. The molecule has 4 nitrogen and oxygen atoms in total. The van der Waals surface area contributed by atoms with Crippen molar-refractivity contribution in [1.29, 1.82) is 0 Å². The van der Waals surface area contributed by atoms with Gasteiger partial charge < -0.3 is 10.2 Å². The first kappa shape index (κ1) is 12.9. The molecule has 0 aliphatic rings. The van der Waals surface area contributed by atoms with Crippen LogP contribution in [0.3, 0.4) is 0 Å². The molecule has 0 saturated carbocycles. The minimum Gasteiger partial charge on any atom is -0.357 e. The molecule has 1 atom stereocenters. The first-order valence-electron chi connectivity index (χ1n) is 4.70. The average Bonchev–Trinajstić information content (AvgIpc) is 2.11. The van der Waals surface area contributed by atoms with Crippen LogP contribution < -0.4 is 5.32 Å². The Labute approximate surface area is 85.7 Å². The van der Waals surface area contributed by atoms with Crippen LogP contribution in [0.15, 0.2) is 0 Å². The van der Waals surface area contributed by atoms with Gasteiger partial charge in [0.25, 0.3) is 0 Å². The van der Waals surface area contributed by atoms with Crippen LogP contribution in [0.5, 0.6) is 0 Å². The third-order valence-electron chi connectivity index (χ3n) is 2.17. The van der Waals surface area contributed by atoms with Crippen molar-refractivity contribution in [3.05, 3.63) is 0 Å². The molecule has 0 spiro atoms. The minimum absolute atomic E-state index is 0.0337. The van der Waals surface area contributed by atoms with Crippen molar-refractivity contribution in [3.8, 4) is 0 Å². The smallest absolute Gasteiger partial charge is 0.242 e. The molecule has 0 aliphatic carbocycles. The molecule has 0 rings (SSSR count). The Morgan fingerprint density at radius 1 is 1.29 bits per heavy atom. The maximum absolute atomic E-state index is 11.8. The molecule has 0 bridgehead atoms. The lowest BCUT2D eigenvalue weighted by molar-refractivity contribution is -0.144. The largest absolute Gasteiger partial charge is 0.357 e. The molecule has 14 heavy (non-hydrogen) atoms. The van der Waals surface area contributed by atoms with Crippen molar-refractivity contribution < 1.29 is 9.59 Å². The summed E-state index contributed by atoms with van der Waals surface area (Å²) in [4.78, 5) is 24.5. The standard InChI is InChI=1S/C10H20N2O2/c1-7(8(13)11-5)12(6)9(14)10(2,3)4/h7H,1-6H3,(H,11,13). The molecule has 1 unspecified atom stereocenters. The third-order valence-corrected chi connectivity index (χ3v) is 2.17. The summed E-state index contributed by atoms with van der Waals surface area (Å²) in [6.07, 6.45) is 0. The minimum atomic E-state index is -0.447. The fourth-order valence-corrected chi connectivity index (χ4v) is 1.09. The van der Waals surface area contributed by atoms with E-state index < -0.39 is 11.5 Å². The van der Waals surface area contributed by atoms with E-state index in [1.54, 1.807) is 21.0 Å². The highest BCUT2D eigenvalue weighted by Crippen LogP contribution is 2.17. The number of nitrogens with one attached hydrogen (secondary N) is 1. The first-order valence-corrected chi connectivity index (χ1v) is 4.70. The summed E-state index contributed by atoms with van der Waals surface area (Å²) in [6, 6.07) is -0.424. The third kappa shape index (κ3) is 3.01. The quantitative estimate of drug-likeness (QED) is 0.710. The SMILES string of the molecule is CNC(=O)C(C)N(C)C(=O)C(C)(C)C. The first-order chi connectivity index (χ1) is 6.21. The molecule has 0 radical (unpaired) electrons. The summed E-state index contributed by atoms with van der Waals surface area (Å²) in [5, 5.41) is 2.52. The maximum Gasteiger partial charge on any atom is 0.242 e. The van der Waals surface area contributed by atoms with Crippen LogP contribution in [0.1, 0.15) is 27.7 Å². The van der Waals surface area contributed by atoms with Gasteiger partial charge in [-0.05, 0) is 6.92 Å². The molecule has 0 saturated heterocycles. The predicted molar refractivity (Wildman–Crippen MR) is 55.8 cm³/mol. The molecule has 0 aliphatic heterocycles. The van der Waals surface area contributed by atoms with Crippen LogP contribution in [0.2, 0.25) is 0 Å². The topological polar surface area (TPSA) is 49.4 Å². The fourth-order valence-electron chi connectivity index (χ4n) is 1.09. The van der Waals surface area contributed by atoms with E-state index in [4.69, 9.17) is 0 Å². The summed E-state index contributed by atoms with van der Waals surface area (Å²) >= 11 is 0. The molecular weight excluding hydrogens is 180 g/mol. The number of rotatable bonds is 2. The van der Waals surface area contributed by atoms with Gasteiger partial charge in [-0.2, -0.15) is 0 Å². The van der Waals surface area contributed by atoms with Crippen LogP contribution in [0.25, 0.3) is 0 Å². The van der Waals surface area contributed by atoms with Crippen LogP contribution in [-0.2, 0) is 9.59 Å². The lowest BCUT2D eigenvalue weighted by Crippen LogP contribution is -2.48. The average molecular weight is 200 g/mol. The lowest BCUT2D eigenvalue weighted by Gasteiger charge is -2.29. The predicted octanol–water partition coefficient (Wildman–Crippen LogP) is 0.625. The number of carbonyl (C=O) groups is 2.